The summed E-state index contributed by atoms with van der Waals surface area (Å²) in [5.41, 5.74) is -2.06. The van der Waals surface area contributed by atoms with Crippen molar-refractivity contribution in [3.05, 3.63) is 29.6 Å². The minimum absolute atomic E-state index is 0.156. The van der Waals surface area contributed by atoms with Gasteiger partial charge in [0.15, 0.2) is 15.5 Å². The minimum atomic E-state index is -4.87. The van der Waals surface area contributed by atoms with E-state index >= 15 is 0 Å². The first kappa shape index (κ1) is 28.3. The van der Waals surface area contributed by atoms with Crippen LogP contribution in [0.5, 0.6) is 6.01 Å². The van der Waals surface area contributed by atoms with Crippen LogP contribution in [0.3, 0.4) is 0 Å². The van der Waals surface area contributed by atoms with Crippen LogP contribution in [-0.4, -0.2) is 107 Å². The Morgan fingerprint density at radius 3 is 2.05 bits per heavy atom. The highest BCUT2D eigenvalue weighted by atomic mass is 32.2. The van der Waals surface area contributed by atoms with Crippen molar-refractivity contribution < 1.29 is 50.9 Å². The first-order valence-electron chi connectivity index (χ1n) is 11.2. The Morgan fingerprint density at radius 2 is 1.59 bits per heavy atom. The molecule has 0 radical (unpaired) electrons. The molecule has 4 saturated heterocycles. The lowest BCUT2D eigenvalue weighted by Crippen LogP contribution is -2.52. The monoisotopic (exact) mass is 550 g/mol. The molecule has 0 aliphatic carbocycles. The average Bonchev–Trinajstić information content (AvgIpc) is 2.83. The van der Waals surface area contributed by atoms with Crippen molar-refractivity contribution in [2.75, 3.05) is 44.2 Å². The van der Waals surface area contributed by atoms with Gasteiger partial charge in [-0.05, 0) is 31.8 Å². The van der Waals surface area contributed by atoms with Crippen LogP contribution in [0, 0.1) is 5.92 Å². The molecule has 5 heterocycles. The van der Waals surface area contributed by atoms with E-state index in [1.54, 1.807) is 0 Å². The summed E-state index contributed by atoms with van der Waals surface area (Å²) in [6.45, 7) is 2.22. The van der Waals surface area contributed by atoms with Crippen LogP contribution in [-0.2, 0) is 25.6 Å². The second-order valence-corrected chi connectivity index (χ2v) is 11.0. The number of ether oxygens (including phenoxy) is 1. The fraction of sp³-hybridized carbons (Fsp3) is 0.571. The molecular formula is C21H25F3N4O8S. The Bertz CT molecular complexity index is 1140. The predicted molar refractivity (Wildman–Crippen MR) is 120 cm³/mol. The van der Waals surface area contributed by atoms with Crippen molar-refractivity contribution in [1.82, 2.24) is 19.8 Å². The number of alkyl halides is 3. The Morgan fingerprint density at radius 1 is 1.03 bits per heavy atom. The van der Waals surface area contributed by atoms with Gasteiger partial charge in [0, 0.05) is 38.0 Å². The van der Waals surface area contributed by atoms with Crippen LogP contribution in [0.2, 0.25) is 0 Å². The zero-order chi connectivity index (χ0) is 27.4. The molecule has 1 unspecified atom stereocenters. The van der Waals surface area contributed by atoms with E-state index in [9.17, 15) is 36.0 Å². The molecule has 12 nitrogen and oxygen atoms in total. The van der Waals surface area contributed by atoms with Gasteiger partial charge in [-0.3, -0.25) is 9.69 Å². The number of amides is 1. The molecule has 0 spiro atoms. The fourth-order valence-corrected chi connectivity index (χ4v) is 5.40. The van der Waals surface area contributed by atoms with Crippen LogP contribution in [0.15, 0.2) is 18.3 Å². The van der Waals surface area contributed by atoms with E-state index in [4.69, 9.17) is 14.9 Å². The van der Waals surface area contributed by atoms with Crippen molar-refractivity contribution in [2.24, 2.45) is 5.92 Å². The zero-order valence-electron chi connectivity index (χ0n) is 19.4. The number of carboxylic acids is 2. The number of aromatic nitrogens is 2. The Labute approximate surface area is 209 Å². The van der Waals surface area contributed by atoms with Crippen LogP contribution < -0.4 is 4.74 Å². The van der Waals surface area contributed by atoms with Gasteiger partial charge < -0.3 is 19.8 Å². The molecule has 4 aliphatic rings. The number of halogens is 3. The van der Waals surface area contributed by atoms with Crippen LogP contribution in [0.1, 0.15) is 28.9 Å². The van der Waals surface area contributed by atoms with E-state index in [0.717, 1.165) is 37.0 Å². The Kier molecular flexibility index (Phi) is 8.73. The average molecular weight is 551 g/mol. The Balaban J connectivity index is 0.000000414. The second-order valence-electron chi connectivity index (χ2n) is 8.66. The highest BCUT2D eigenvalue weighted by molar-refractivity contribution is 7.91. The van der Waals surface area contributed by atoms with Crippen LogP contribution >= 0.6 is 0 Å². The first-order chi connectivity index (χ1) is 17.2. The van der Waals surface area contributed by atoms with Crippen molar-refractivity contribution >= 4 is 27.7 Å². The highest BCUT2D eigenvalue weighted by Crippen LogP contribution is 2.34. The van der Waals surface area contributed by atoms with Gasteiger partial charge in [0.25, 0.3) is 5.91 Å². The summed E-state index contributed by atoms with van der Waals surface area (Å²) in [7, 11) is -3.27. The number of hydrogen-bond acceptors (Lipinski definition) is 9. The molecule has 1 aromatic rings. The summed E-state index contributed by atoms with van der Waals surface area (Å²) in [5.74, 6) is -3.74. The van der Waals surface area contributed by atoms with E-state index in [-0.39, 0.29) is 36.6 Å². The van der Waals surface area contributed by atoms with Crippen LogP contribution in [0.25, 0.3) is 0 Å². The zero-order valence-corrected chi connectivity index (χ0v) is 20.2. The second kappa shape index (κ2) is 11.4. The molecule has 204 valence electrons. The van der Waals surface area contributed by atoms with Gasteiger partial charge >= 0.3 is 24.1 Å². The van der Waals surface area contributed by atoms with Crippen molar-refractivity contribution in [2.45, 2.75) is 25.1 Å². The summed E-state index contributed by atoms with van der Waals surface area (Å²) in [5, 5.41) is 15.6. The SMILES string of the molecule is O=C(O)/C=C/C(=O)O.O=C(c1cnc(OC2CN3CCC2CC3)nc1C(F)(F)F)N1CCS(=O)(=O)CC1. The molecule has 5 rings (SSSR count). The number of fused-ring (bicyclic) bond motifs is 3. The number of rotatable bonds is 5. The van der Waals surface area contributed by atoms with Gasteiger partial charge in [-0.1, -0.05) is 0 Å². The topological polar surface area (TPSA) is 167 Å². The number of sulfone groups is 1. The number of aliphatic carboxylic acids is 2. The minimum Gasteiger partial charge on any atom is -0.478 e. The summed E-state index contributed by atoms with van der Waals surface area (Å²) in [6, 6.07) is -0.395. The number of nitrogens with zero attached hydrogens (tertiary/aromatic N) is 4. The third-order valence-corrected chi connectivity index (χ3v) is 7.73. The van der Waals surface area contributed by atoms with E-state index in [2.05, 4.69) is 14.9 Å². The van der Waals surface area contributed by atoms with Gasteiger partial charge in [0.2, 0.25) is 0 Å². The molecule has 1 amide bonds. The lowest BCUT2D eigenvalue weighted by atomic mass is 9.86. The molecule has 1 aromatic heterocycles. The molecule has 0 aromatic carbocycles. The predicted octanol–water partition coefficient (Wildman–Crippen LogP) is 0.551. The number of piperidine rings is 3. The maximum Gasteiger partial charge on any atom is 0.434 e. The van der Waals surface area contributed by atoms with E-state index in [1.165, 1.54) is 0 Å². The van der Waals surface area contributed by atoms with E-state index in [1.807, 2.05) is 0 Å². The normalized spacial score (nSPS) is 24.7. The quantitative estimate of drug-likeness (QED) is 0.491. The number of hydrogen-bond donors (Lipinski definition) is 2. The standard InChI is InChI=1S/C17H21F3N4O4S.C4H4O4/c18-17(19,20)14-12(15(25)24-5-7-29(26,27)8-6-24)9-21-16(22-14)28-13-10-23-3-1-11(13)2-4-23;5-3(6)1-2-4(7)8/h9,11,13H,1-8,10H2;1-2H,(H,5,6)(H,7,8)/b;2-1+. The van der Waals surface area contributed by atoms with Gasteiger partial charge in [-0.15, -0.1) is 0 Å². The first-order valence-corrected chi connectivity index (χ1v) is 13.0. The van der Waals surface area contributed by atoms with Gasteiger partial charge in [-0.25, -0.2) is 23.0 Å². The highest BCUT2D eigenvalue weighted by Gasteiger charge is 2.41. The molecule has 2 bridgehead atoms. The van der Waals surface area contributed by atoms with E-state index < -0.39 is 51.1 Å². The van der Waals surface area contributed by atoms with Crippen molar-refractivity contribution in [1.29, 1.82) is 0 Å². The third-order valence-electron chi connectivity index (χ3n) is 6.12. The van der Waals surface area contributed by atoms with Gasteiger partial charge in [0.05, 0.1) is 17.1 Å². The molecule has 16 heteroatoms. The lowest BCUT2D eigenvalue weighted by molar-refractivity contribution is -0.142. The maximum atomic E-state index is 13.6. The lowest BCUT2D eigenvalue weighted by Gasteiger charge is -2.43. The van der Waals surface area contributed by atoms with Gasteiger partial charge in [0.1, 0.15) is 6.10 Å². The number of carboxylic acid groups (broad SMARTS) is 2. The smallest absolute Gasteiger partial charge is 0.434 e. The molecule has 4 aliphatic heterocycles. The molecule has 37 heavy (non-hydrogen) atoms. The molecule has 1 atom stereocenters. The van der Waals surface area contributed by atoms with Gasteiger partial charge in [-0.2, -0.15) is 18.2 Å². The maximum absolute atomic E-state index is 13.6. The number of carbonyl (C=O) groups excluding carboxylic acids is 1. The summed E-state index contributed by atoms with van der Waals surface area (Å²) >= 11 is 0. The third kappa shape index (κ3) is 7.85. The summed E-state index contributed by atoms with van der Waals surface area (Å²) in [4.78, 5) is 42.4. The fourth-order valence-electron chi connectivity index (χ4n) is 4.20. The Hall–Kier alpha value is -3.27. The largest absolute Gasteiger partial charge is 0.478 e. The van der Waals surface area contributed by atoms with Crippen molar-refractivity contribution in [3.8, 4) is 6.01 Å². The molecular weight excluding hydrogens is 525 g/mol. The van der Waals surface area contributed by atoms with Crippen molar-refractivity contribution in [3.63, 3.8) is 0 Å². The van der Waals surface area contributed by atoms with Crippen LogP contribution in [0.4, 0.5) is 13.2 Å². The molecule has 2 N–H and O–H groups in total. The summed E-state index contributed by atoms with van der Waals surface area (Å²) < 4.78 is 69.4. The van der Waals surface area contributed by atoms with E-state index in [0.29, 0.717) is 18.7 Å². The summed E-state index contributed by atoms with van der Waals surface area (Å²) in [6.07, 6.45) is -1.35. The molecule has 4 fully saturated rings. The molecule has 0 saturated carbocycles. The number of carbonyl (C=O) groups is 3.